The van der Waals surface area contributed by atoms with Gasteiger partial charge in [0.05, 0.1) is 18.2 Å². The first-order valence-corrected chi connectivity index (χ1v) is 12.3. The van der Waals surface area contributed by atoms with Crippen LogP contribution in [0.25, 0.3) is 16.8 Å². The fraction of sp³-hybridized carbons (Fsp3) is 0.296. The van der Waals surface area contributed by atoms with Crippen molar-refractivity contribution in [2.75, 3.05) is 24.6 Å². The van der Waals surface area contributed by atoms with Crippen LogP contribution in [0.3, 0.4) is 0 Å². The normalized spacial score (nSPS) is 15.8. The smallest absolute Gasteiger partial charge is 0.225 e. The molecule has 0 spiro atoms. The summed E-state index contributed by atoms with van der Waals surface area (Å²) in [5.74, 6) is 1.63. The van der Waals surface area contributed by atoms with Gasteiger partial charge in [0.25, 0.3) is 0 Å². The van der Waals surface area contributed by atoms with Crippen molar-refractivity contribution >= 4 is 28.8 Å². The lowest BCUT2D eigenvalue weighted by atomic mass is 9.97. The molecule has 180 valence electrons. The summed E-state index contributed by atoms with van der Waals surface area (Å²) in [6.45, 7) is 4.53. The number of rotatable bonds is 7. The van der Waals surface area contributed by atoms with E-state index in [1.54, 1.807) is 6.20 Å². The van der Waals surface area contributed by atoms with Crippen LogP contribution in [-0.4, -0.2) is 40.2 Å². The van der Waals surface area contributed by atoms with Gasteiger partial charge in [-0.1, -0.05) is 35.9 Å². The first kappa shape index (κ1) is 23.2. The second-order valence-corrected chi connectivity index (χ2v) is 9.14. The number of halogens is 1. The molecule has 0 aliphatic carbocycles. The van der Waals surface area contributed by atoms with E-state index in [2.05, 4.69) is 15.2 Å². The van der Waals surface area contributed by atoms with Crippen LogP contribution >= 0.6 is 11.6 Å². The van der Waals surface area contributed by atoms with Crippen molar-refractivity contribution in [2.24, 2.45) is 5.92 Å². The summed E-state index contributed by atoms with van der Waals surface area (Å²) in [5.41, 5.74) is 3.73. The van der Waals surface area contributed by atoms with Crippen LogP contribution in [0.4, 0.5) is 5.82 Å². The predicted octanol–water partition coefficient (Wildman–Crippen LogP) is 4.98. The van der Waals surface area contributed by atoms with Crippen LogP contribution < -0.4 is 15.0 Å². The van der Waals surface area contributed by atoms with Gasteiger partial charge in [0.1, 0.15) is 11.3 Å². The molecule has 3 heterocycles. The van der Waals surface area contributed by atoms with E-state index in [0.29, 0.717) is 24.7 Å². The zero-order chi connectivity index (χ0) is 24.2. The topological polar surface area (TPSA) is 71.8 Å². The SMILES string of the molecule is CCOc1cccc(CNC(=O)[C@H]2CCCN(c3nccn4nc(-c5cccc(Cl)c5)cc34)C2)c1. The molecule has 1 fully saturated rings. The number of nitrogens with zero attached hydrogens (tertiary/aromatic N) is 4. The third kappa shape index (κ3) is 5.25. The number of hydrogen-bond donors (Lipinski definition) is 1. The zero-order valence-corrected chi connectivity index (χ0v) is 20.4. The van der Waals surface area contributed by atoms with Crippen molar-refractivity contribution in [2.45, 2.75) is 26.3 Å². The Morgan fingerprint density at radius 1 is 1.20 bits per heavy atom. The average molecular weight is 490 g/mol. The summed E-state index contributed by atoms with van der Waals surface area (Å²) < 4.78 is 7.40. The largest absolute Gasteiger partial charge is 0.494 e. The molecule has 4 aromatic rings. The van der Waals surface area contributed by atoms with Gasteiger partial charge in [0, 0.05) is 42.6 Å². The quantitative estimate of drug-likeness (QED) is 0.396. The van der Waals surface area contributed by atoms with E-state index in [0.717, 1.165) is 53.3 Å². The van der Waals surface area contributed by atoms with E-state index < -0.39 is 0 Å². The molecule has 2 aromatic heterocycles. The van der Waals surface area contributed by atoms with Crippen LogP contribution in [-0.2, 0) is 11.3 Å². The number of hydrogen-bond acceptors (Lipinski definition) is 5. The van der Waals surface area contributed by atoms with Crippen LogP contribution in [0.5, 0.6) is 5.75 Å². The van der Waals surface area contributed by atoms with Gasteiger partial charge in [-0.05, 0) is 55.7 Å². The monoisotopic (exact) mass is 489 g/mol. The van der Waals surface area contributed by atoms with E-state index >= 15 is 0 Å². The highest BCUT2D eigenvalue weighted by atomic mass is 35.5. The van der Waals surface area contributed by atoms with Gasteiger partial charge in [-0.25, -0.2) is 9.50 Å². The molecule has 2 aromatic carbocycles. The Hall–Kier alpha value is -3.58. The number of benzene rings is 2. The van der Waals surface area contributed by atoms with Crippen molar-refractivity contribution in [1.82, 2.24) is 19.9 Å². The molecule has 5 rings (SSSR count). The minimum atomic E-state index is -0.101. The van der Waals surface area contributed by atoms with Crippen LogP contribution in [0.1, 0.15) is 25.3 Å². The maximum atomic E-state index is 13.0. The van der Waals surface area contributed by atoms with Crippen LogP contribution in [0, 0.1) is 5.92 Å². The number of carbonyl (C=O) groups excluding carboxylic acids is 1. The average Bonchev–Trinajstić information content (AvgIpc) is 3.33. The highest BCUT2D eigenvalue weighted by Gasteiger charge is 2.27. The third-order valence-corrected chi connectivity index (χ3v) is 6.49. The summed E-state index contributed by atoms with van der Waals surface area (Å²) >= 11 is 6.18. The molecule has 1 atom stereocenters. The van der Waals surface area contributed by atoms with E-state index in [4.69, 9.17) is 21.4 Å². The molecule has 0 saturated carbocycles. The Labute approximate surface area is 209 Å². The minimum Gasteiger partial charge on any atom is -0.494 e. The second kappa shape index (κ2) is 10.4. The number of carbonyl (C=O) groups is 1. The maximum Gasteiger partial charge on any atom is 0.225 e. The lowest BCUT2D eigenvalue weighted by Crippen LogP contribution is -2.43. The van der Waals surface area contributed by atoms with Gasteiger partial charge < -0.3 is 15.0 Å². The predicted molar refractivity (Wildman–Crippen MR) is 138 cm³/mol. The molecule has 7 nitrogen and oxygen atoms in total. The number of anilines is 1. The Morgan fingerprint density at radius 2 is 2.09 bits per heavy atom. The van der Waals surface area contributed by atoms with E-state index in [1.807, 2.05) is 72.2 Å². The number of piperidine rings is 1. The first-order valence-electron chi connectivity index (χ1n) is 12.0. The van der Waals surface area contributed by atoms with Gasteiger partial charge in [0.15, 0.2) is 5.82 Å². The fourth-order valence-corrected chi connectivity index (χ4v) is 4.76. The highest BCUT2D eigenvalue weighted by Crippen LogP contribution is 2.29. The molecule has 1 aliphatic heterocycles. The first-order chi connectivity index (χ1) is 17.1. The van der Waals surface area contributed by atoms with Gasteiger partial charge in [-0.2, -0.15) is 5.10 Å². The summed E-state index contributed by atoms with van der Waals surface area (Å²) in [4.78, 5) is 19.9. The standard InChI is InChI=1S/C27H28ClN5O2/c1-2-35-23-10-3-6-19(14-23)17-30-27(34)21-8-5-12-32(18-21)26-25-16-24(31-33(25)13-11-29-26)20-7-4-9-22(28)15-20/h3-4,6-7,9-11,13-16,21H,2,5,8,12,17-18H2,1H3,(H,30,34)/t21-/m0/s1. The van der Waals surface area contributed by atoms with Crippen molar-refractivity contribution < 1.29 is 9.53 Å². The Kier molecular flexibility index (Phi) is 6.86. The zero-order valence-electron chi connectivity index (χ0n) is 19.7. The minimum absolute atomic E-state index is 0.0663. The molecular weight excluding hydrogens is 462 g/mol. The second-order valence-electron chi connectivity index (χ2n) is 8.70. The van der Waals surface area contributed by atoms with Crippen molar-refractivity contribution in [3.05, 3.63) is 77.6 Å². The maximum absolute atomic E-state index is 13.0. The number of amides is 1. The molecule has 0 unspecified atom stereocenters. The number of aromatic nitrogens is 3. The highest BCUT2D eigenvalue weighted by molar-refractivity contribution is 6.30. The van der Waals surface area contributed by atoms with Gasteiger partial charge >= 0.3 is 0 Å². The number of ether oxygens (including phenoxy) is 1. The molecule has 1 N–H and O–H groups in total. The fourth-order valence-electron chi connectivity index (χ4n) is 4.57. The summed E-state index contributed by atoms with van der Waals surface area (Å²) in [5, 5.41) is 8.50. The lowest BCUT2D eigenvalue weighted by molar-refractivity contribution is -0.125. The van der Waals surface area contributed by atoms with Crippen molar-refractivity contribution in [3.8, 4) is 17.0 Å². The van der Waals surface area contributed by atoms with Gasteiger partial charge in [-0.15, -0.1) is 0 Å². The van der Waals surface area contributed by atoms with Crippen LogP contribution in [0.2, 0.25) is 5.02 Å². The van der Waals surface area contributed by atoms with Crippen molar-refractivity contribution in [3.63, 3.8) is 0 Å². The van der Waals surface area contributed by atoms with E-state index in [1.165, 1.54) is 0 Å². The third-order valence-electron chi connectivity index (χ3n) is 6.26. The van der Waals surface area contributed by atoms with Gasteiger partial charge in [-0.3, -0.25) is 4.79 Å². The molecule has 1 aliphatic rings. The van der Waals surface area contributed by atoms with Crippen LogP contribution in [0.15, 0.2) is 67.0 Å². The van der Waals surface area contributed by atoms with Gasteiger partial charge in [0.2, 0.25) is 5.91 Å². The molecule has 1 amide bonds. The molecular formula is C27H28ClN5O2. The number of fused-ring (bicyclic) bond motifs is 1. The Morgan fingerprint density at radius 3 is 2.94 bits per heavy atom. The number of nitrogens with one attached hydrogen (secondary N) is 1. The molecule has 8 heteroatoms. The lowest BCUT2D eigenvalue weighted by Gasteiger charge is -2.33. The molecule has 1 saturated heterocycles. The molecule has 0 radical (unpaired) electrons. The van der Waals surface area contributed by atoms with E-state index in [9.17, 15) is 4.79 Å². The Bertz CT molecular complexity index is 1340. The summed E-state index contributed by atoms with van der Waals surface area (Å²) in [7, 11) is 0. The molecule has 35 heavy (non-hydrogen) atoms. The van der Waals surface area contributed by atoms with Crippen molar-refractivity contribution in [1.29, 1.82) is 0 Å². The summed E-state index contributed by atoms with van der Waals surface area (Å²) in [6.07, 6.45) is 5.39. The van der Waals surface area contributed by atoms with E-state index in [-0.39, 0.29) is 11.8 Å². The Balaban J connectivity index is 1.30. The summed E-state index contributed by atoms with van der Waals surface area (Å²) in [6, 6.07) is 17.5. The molecule has 0 bridgehead atoms.